The zero-order chi connectivity index (χ0) is 9.56. The van der Waals surface area contributed by atoms with Crippen LogP contribution in [0.15, 0.2) is 0 Å². The maximum atomic E-state index is 8.77. The fourth-order valence-electron chi connectivity index (χ4n) is 0.929. The predicted octanol–water partition coefficient (Wildman–Crippen LogP) is -2.38. The lowest BCUT2D eigenvalue weighted by Gasteiger charge is -2.30. The number of rotatable bonds is 6. The van der Waals surface area contributed by atoms with Gasteiger partial charge in [-0.2, -0.15) is 0 Å². The van der Waals surface area contributed by atoms with Gasteiger partial charge in [0, 0.05) is 0 Å². The number of aliphatic hydroxyl groups excluding tert-OH is 4. The van der Waals surface area contributed by atoms with Crippen molar-refractivity contribution in [1.82, 2.24) is 4.90 Å². The second-order valence-electron chi connectivity index (χ2n) is 2.70. The monoisotopic (exact) mass is 179 g/mol. The summed E-state index contributed by atoms with van der Waals surface area (Å²) >= 11 is 0. The first-order valence-corrected chi connectivity index (χ1v) is 3.86. The maximum absolute atomic E-state index is 8.77. The van der Waals surface area contributed by atoms with Gasteiger partial charge in [0.15, 0.2) is 0 Å². The van der Waals surface area contributed by atoms with E-state index in [4.69, 9.17) is 20.4 Å². The van der Waals surface area contributed by atoms with Crippen LogP contribution < -0.4 is 0 Å². The molecule has 4 N–H and O–H groups in total. The smallest absolute Gasteiger partial charge is 0.0609 e. The Kier molecular flexibility index (Phi) is 6.23. The van der Waals surface area contributed by atoms with E-state index in [1.54, 1.807) is 11.9 Å². The molecule has 5 heteroatoms. The van der Waals surface area contributed by atoms with Crippen LogP contribution in [0.1, 0.15) is 0 Å². The highest BCUT2D eigenvalue weighted by atomic mass is 16.3. The van der Waals surface area contributed by atoms with Gasteiger partial charge in [-0.1, -0.05) is 0 Å². The minimum absolute atomic E-state index is 0.191. The Morgan fingerprint density at radius 1 is 0.833 bits per heavy atom. The first kappa shape index (κ1) is 11.8. The second-order valence-corrected chi connectivity index (χ2v) is 2.70. The van der Waals surface area contributed by atoms with Crippen LogP contribution in [0, 0.1) is 0 Å². The Hall–Kier alpha value is -0.200. The molecule has 0 radical (unpaired) electrons. The lowest BCUT2D eigenvalue weighted by Crippen LogP contribution is -2.47. The average molecular weight is 179 g/mol. The third-order valence-corrected chi connectivity index (χ3v) is 1.99. The van der Waals surface area contributed by atoms with Gasteiger partial charge in [0.25, 0.3) is 0 Å². The highest BCUT2D eigenvalue weighted by Crippen LogP contribution is 2.01. The third-order valence-electron chi connectivity index (χ3n) is 1.99. The van der Waals surface area contributed by atoms with Gasteiger partial charge in [-0.3, -0.25) is 4.90 Å². The van der Waals surface area contributed by atoms with Crippen molar-refractivity contribution in [3.05, 3.63) is 0 Å². The first-order valence-electron chi connectivity index (χ1n) is 3.86. The van der Waals surface area contributed by atoms with Crippen LogP contribution in [-0.4, -0.2) is 70.9 Å². The zero-order valence-corrected chi connectivity index (χ0v) is 7.22. The van der Waals surface area contributed by atoms with E-state index in [1.807, 2.05) is 0 Å². The van der Waals surface area contributed by atoms with E-state index in [-0.39, 0.29) is 26.4 Å². The fraction of sp³-hybridized carbons (Fsp3) is 1.00. The van der Waals surface area contributed by atoms with Crippen LogP contribution in [0.2, 0.25) is 0 Å². The highest BCUT2D eigenvalue weighted by molar-refractivity contribution is 4.74. The first-order chi connectivity index (χ1) is 5.71. The molecule has 0 aliphatic heterocycles. The Labute approximate surface area is 71.9 Å². The SMILES string of the molecule is CN(C(CO)CO)C(CO)CO. The lowest BCUT2D eigenvalue weighted by molar-refractivity contribution is 0.0193. The van der Waals surface area contributed by atoms with E-state index in [0.717, 1.165) is 0 Å². The molecule has 0 atom stereocenters. The van der Waals surface area contributed by atoms with Gasteiger partial charge in [-0.25, -0.2) is 0 Å². The normalized spacial score (nSPS) is 12.0. The van der Waals surface area contributed by atoms with Crippen LogP contribution in [0.3, 0.4) is 0 Å². The number of hydrogen-bond acceptors (Lipinski definition) is 5. The van der Waals surface area contributed by atoms with Crippen molar-refractivity contribution in [1.29, 1.82) is 0 Å². The van der Waals surface area contributed by atoms with E-state index in [0.29, 0.717) is 0 Å². The number of likely N-dealkylation sites (N-methyl/N-ethyl adjacent to an activating group) is 1. The minimum atomic E-state index is -0.422. The van der Waals surface area contributed by atoms with E-state index in [9.17, 15) is 0 Å². The zero-order valence-electron chi connectivity index (χ0n) is 7.22. The summed E-state index contributed by atoms with van der Waals surface area (Å²) in [6.07, 6.45) is 0. The summed E-state index contributed by atoms with van der Waals surface area (Å²) in [7, 11) is 1.63. The molecule has 0 unspecified atom stereocenters. The van der Waals surface area contributed by atoms with E-state index in [1.165, 1.54) is 0 Å². The molecule has 0 aliphatic rings. The predicted molar refractivity (Wildman–Crippen MR) is 43.7 cm³/mol. The van der Waals surface area contributed by atoms with Gasteiger partial charge >= 0.3 is 0 Å². The molecule has 0 amide bonds. The molecule has 0 saturated carbocycles. The molecule has 12 heavy (non-hydrogen) atoms. The molecule has 0 spiro atoms. The largest absolute Gasteiger partial charge is 0.395 e. The van der Waals surface area contributed by atoms with Gasteiger partial charge in [0.05, 0.1) is 38.5 Å². The number of aliphatic hydroxyl groups is 4. The Balaban J connectivity index is 4.02. The molecule has 74 valence electrons. The Bertz CT molecular complexity index is 91.6. The molecule has 0 saturated heterocycles. The van der Waals surface area contributed by atoms with Crippen LogP contribution >= 0.6 is 0 Å². The van der Waals surface area contributed by atoms with Crippen molar-refractivity contribution >= 4 is 0 Å². The van der Waals surface area contributed by atoms with Gasteiger partial charge < -0.3 is 20.4 Å². The summed E-state index contributed by atoms with van der Waals surface area (Å²) in [5.41, 5.74) is 0. The molecule has 0 bridgehead atoms. The molecule has 0 aliphatic carbocycles. The Morgan fingerprint density at radius 2 is 1.08 bits per heavy atom. The standard InChI is InChI=1S/C7H17NO4/c1-8(6(2-9)3-10)7(4-11)5-12/h6-7,9-12H,2-5H2,1H3. The van der Waals surface area contributed by atoms with Crippen molar-refractivity contribution in [2.24, 2.45) is 0 Å². The van der Waals surface area contributed by atoms with Crippen molar-refractivity contribution < 1.29 is 20.4 Å². The van der Waals surface area contributed by atoms with Gasteiger partial charge in [-0.15, -0.1) is 0 Å². The molecule has 0 aromatic rings. The molecule has 0 fully saturated rings. The molecular formula is C7H17NO4. The summed E-state index contributed by atoms with van der Waals surface area (Å²) in [6, 6.07) is -0.844. The summed E-state index contributed by atoms with van der Waals surface area (Å²) in [4.78, 5) is 1.56. The van der Waals surface area contributed by atoms with Gasteiger partial charge in [0.2, 0.25) is 0 Å². The van der Waals surface area contributed by atoms with Gasteiger partial charge in [-0.05, 0) is 7.05 Å². The quantitative estimate of drug-likeness (QED) is 0.366. The van der Waals surface area contributed by atoms with Crippen molar-refractivity contribution in [2.75, 3.05) is 33.5 Å². The molecule has 5 nitrogen and oxygen atoms in total. The maximum Gasteiger partial charge on any atom is 0.0609 e. The average Bonchev–Trinajstić information content (AvgIpc) is 2.09. The highest BCUT2D eigenvalue weighted by Gasteiger charge is 2.20. The van der Waals surface area contributed by atoms with E-state index in [2.05, 4.69) is 0 Å². The topological polar surface area (TPSA) is 84.2 Å². The minimum Gasteiger partial charge on any atom is -0.395 e. The Morgan fingerprint density at radius 3 is 1.25 bits per heavy atom. The van der Waals surface area contributed by atoms with Crippen LogP contribution in [0.4, 0.5) is 0 Å². The van der Waals surface area contributed by atoms with E-state index >= 15 is 0 Å². The fourth-order valence-corrected chi connectivity index (χ4v) is 0.929. The number of nitrogens with zero attached hydrogens (tertiary/aromatic N) is 1. The summed E-state index contributed by atoms with van der Waals surface area (Å²) in [5.74, 6) is 0. The van der Waals surface area contributed by atoms with Crippen molar-refractivity contribution in [3.63, 3.8) is 0 Å². The molecular weight excluding hydrogens is 162 g/mol. The van der Waals surface area contributed by atoms with Gasteiger partial charge in [0.1, 0.15) is 0 Å². The number of hydrogen-bond donors (Lipinski definition) is 4. The van der Waals surface area contributed by atoms with E-state index < -0.39 is 12.1 Å². The molecule has 0 aromatic heterocycles. The van der Waals surface area contributed by atoms with Crippen LogP contribution in [0.5, 0.6) is 0 Å². The van der Waals surface area contributed by atoms with Crippen molar-refractivity contribution in [3.8, 4) is 0 Å². The van der Waals surface area contributed by atoms with Crippen LogP contribution in [0.25, 0.3) is 0 Å². The summed E-state index contributed by atoms with van der Waals surface area (Å²) < 4.78 is 0. The second kappa shape index (κ2) is 6.33. The molecule has 0 rings (SSSR count). The van der Waals surface area contributed by atoms with Crippen molar-refractivity contribution in [2.45, 2.75) is 12.1 Å². The molecule has 0 heterocycles. The summed E-state index contributed by atoms with van der Waals surface area (Å²) in [5, 5.41) is 35.1. The lowest BCUT2D eigenvalue weighted by atomic mass is 10.2. The summed E-state index contributed by atoms with van der Waals surface area (Å²) in [6.45, 7) is -0.764. The molecule has 0 aromatic carbocycles. The van der Waals surface area contributed by atoms with Crippen LogP contribution in [-0.2, 0) is 0 Å². The third kappa shape index (κ3) is 3.04.